The van der Waals surface area contributed by atoms with Crippen molar-refractivity contribution in [3.05, 3.63) is 21.4 Å². The van der Waals surface area contributed by atoms with E-state index in [0.29, 0.717) is 18.8 Å². The highest BCUT2D eigenvalue weighted by atomic mass is 32.1. The summed E-state index contributed by atoms with van der Waals surface area (Å²) in [5.41, 5.74) is 0.643. The van der Waals surface area contributed by atoms with Crippen molar-refractivity contribution in [2.75, 3.05) is 20.1 Å². The van der Waals surface area contributed by atoms with Crippen LogP contribution in [-0.4, -0.2) is 36.5 Å². The van der Waals surface area contributed by atoms with Gasteiger partial charge in [-0.1, -0.05) is 6.92 Å². The number of carbonyl (C=O) groups is 1. The number of likely N-dealkylation sites (tertiary alicyclic amines) is 1. The summed E-state index contributed by atoms with van der Waals surface area (Å²) in [4.78, 5) is 16.9. The second-order valence-electron chi connectivity index (χ2n) is 6.86. The van der Waals surface area contributed by atoms with Crippen molar-refractivity contribution in [1.82, 2.24) is 10.2 Å². The van der Waals surface area contributed by atoms with E-state index in [0.717, 1.165) is 30.8 Å². The summed E-state index contributed by atoms with van der Waals surface area (Å²) in [6.45, 7) is 3.97. The lowest BCUT2D eigenvalue weighted by Gasteiger charge is -2.35. The molecule has 0 saturated carbocycles. The van der Waals surface area contributed by atoms with Gasteiger partial charge < -0.3 is 10.2 Å². The van der Waals surface area contributed by atoms with Crippen molar-refractivity contribution in [3.8, 4) is 6.07 Å². The molecule has 1 atom stereocenters. The molecule has 1 saturated heterocycles. The van der Waals surface area contributed by atoms with Gasteiger partial charge in [0.2, 0.25) is 0 Å². The standard InChI is InChI=1S/C17H23N3OS/c1-12-3-4-14-13(9-12)10-15(22-14)16(21)19-17(11-18)5-7-20(2)8-6-17/h10,12H,3-9H2,1-2H3,(H,19,21). The summed E-state index contributed by atoms with van der Waals surface area (Å²) >= 11 is 1.61. The smallest absolute Gasteiger partial charge is 0.262 e. The minimum absolute atomic E-state index is 0.0712. The molecule has 1 aromatic heterocycles. The van der Waals surface area contributed by atoms with Gasteiger partial charge in [0.05, 0.1) is 10.9 Å². The van der Waals surface area contributed by atoms with Crippen LogP contribution in [0.15, 0.2) is 6.07 Å². The zero-order chi connectivity index (χ0) is 15.7. The summed E-state index contributed by atoms with van der Waals surface area (Å²) < 4.78 is 0. The molecule has 1 N–H and O–H groups in total. The minimum Gasteiger partial charge on any atom is -0.333 e. The highest BCUT2D eigenvalue weighted by Gasteiger charge is 2.36. The van der Waals surface area contributed by atoms with E-state index in [1.165, 1.54) is 16.9 Å². The van der Waals surface area contributed by atoms with Crippen LogP contribution in [0.3, 0.4) is 0 Å². The topological polar surface area (TPSA) is 56.1 Å². The number of hydrogen-bond acceptors (Lipinski definition) is 4. The van der Waals surface area contributed by atoms with E-state index in [9.17, 15) is 10.1 Å². The zero-order valence-electron chi connectivity index (χ0n) is 13.3. The van der Waals surface area contributed by atoms with E-state index in [2.05, 4.69) is 30.3 Å². The van der Waals surface area contributed by atoms with Gasteiger partial charge in [0, 0.05) is 18.0 Å². The molecule has 2 aliphatic rings. The Kier molecular flexibility index (Phi) is 4.24. The first kappa shape index (κ1) is 15.5. The Balaban J connectivity index is 1.73. The molecule has 1 amide bonds. The van der Waals surface area contributed by atoms with Crippen molar-refractivity contribution >= 4 is 17.2 Å². The second kappa shape index (κ2) is 6.02. The molecular formula is C17H23N3OS. The van der Waals surface area contributed by atoms with Crippen LogP contribution in [-0.2, 0) is 12.8 Å². The van der Waals surface area contributed by atoms with Crippen LogP contribution in [0.1, 0.15) is 46.3 Å². The lowest BCUT2D eigenvalue weighted by atomic mass is 9.88. The fourth-order valence-electron chi connectivity index (χ4n) is 3.36. The van der Waals surface area contributed by atoms with Gasteiger partial charge in [-0.25, -0.2) is 0 Å². The summed E-state index contributed by atoms with van der Waals surface area (Å²) in [7, 11) is 2.05. The molecule has 1 unspecified atom stereocenters. The van der Waals surface area contributed by atoms with Gasteiger partial charge in [-0.05, 0) is 56.7 Å². The van der Waals surface area contributed by atoms with Crippen molar-refractivity contribution in [1.29, 1.82) is 5.26 Å². The fraction of sp³-hybridized carbons (Fsp3) is 0.647. The first-order valence-corrected chi connectivity index (χ1v) is 8.87. The summed E-state index contributed by atoms with van der Waals surface area (Å²) in [5.74, 6) is 0.635. The Bertz CT molecular complexity index is 608. The number of nitrogens with one attached hydrogen (secondary N) is 1. The molecular weight excluding hydrogens is 294 g/mol. The fourth-order valence-corrected chi connectivity index (χ4v) is 4.47. The molecule has 3 rings (SSSR count). The summed E-state index contributed by atoms with van der Waals surface area (Å²) in [5, 5.41) is 12.6. The highest BCUT2D eigenvalue weighted by Crippen LogP contribution is 2.32. The van der Waals surface area contributed by atoms with Crippen LogP contribution < -0.4 is 5.32 Å². The largest absolute Gasteiger partial charge is 0.333 e. The molecule has 1 fully saturated rings. The van der Waals surface area contributed by atoms with Crippen LogP contribution in [0.2, 0.25) is 0 Å². The molecule has 0 spiro atoms. The van der Waals surface area contributed by atoms with E-state index in [4.69, 9.17) is 0 Å². The Hall–Kier alpha value is -1.38. The van der Waals surface area contributed by atoms with Crippen molar-refractivity contribution in [2.24, 2.45) is 5.92 Å². The number of hydrogen-bond donors (Lipinski definition) is 1. The molecule has 1 aliphatic heterocycles. The molecule has 2 heterocycles. The quantitative estimate of drug-likeness (QED) is 0.912. The van der Waals surface area contributed by atoms with E-state index in [1.54, 1.807) is 11.3 Å². The van der Waals surface area contributed by atoms with Crippen molar-refractivity contribution in [3.63, 3.8) is 0 Å². The normalized spacial score (nSPS) is 24.3. The molecule has 4 nitrogen and oxygen atoms in total. The lowest BCUT2D eigenvalue weighted by Crippen LogP contribution is -2.53. The lowest BCUT2D eigenvalue weighted by molar-refractivity contribution is 0.0886. The summed E-state index contributed by atoms with van der Waals surface area (Å²) in [6, 6.07) is 4.40. The number of carbonyl (C=O) groups excluding carboxylic acids is 1. The van der Waals surface area contributed by atoms with E-state index >= 15 is 0 Å². The number of nitriles is 1. The maximum Gasteiger partial charge on any atom is 0.262 e. The number of amides is 1. The van der Waals surface area contributed by atoms with Gasteiger partial charge in [-0.15, -0.1) is 11.3 Å². The maximum absolute atomic E-state index is 12.6. The Morgan fingerprint density at radius 3 is 2.91 bits per heavy atom. The third kappa shape index (κ3) is 3.04. The predicted octanol–water partition coefficient (Wildman–Crippen LogP) is 2.59. The number of rotatable bonds is 2. The van der Waals surface area contributed by atoms with Crippen LogP contribution in [0, 0.1) is 17.2 Å². The molecule has 0 aromatic carbocycles. The SMILES string of the molecule is CC1CCc2sc(C(=O)NC3(C#N)CCN(C)CC3)cc2C1. The van der Waals surface area contributed by atoms with Crippen LogP contribution in [0.4, 0.5) is 0 Å². The van der Waals surface area contributed by atoms with Gasteiger partial charge in [0.25, 0.3) is 5.91 Å². The Morgan fingerprint density at radius 2 is 2.23 bits per heavy atom. The van der Waals surface area contributed by atoms with Crippen molar-refractivity contribution in [2.45, 2.75) is 44.6 Å². The molecule has 1 aliphatic carbocycles. The zero-order valence-corrected chi connectivity index (χ0v) is 14.1. The molecule has 0 bridgehead atoms. The number of nitrogens with zero attached hydrogens (tertiary/aromatic N) is 2. The third-order valence-electron chi connectivity index (χ3n) is 4.96. The highest BCUT2D eigenvalue weighted by molar-refractivity contribution is 7.14. The third-order valence-corrected chi connectivity index (χ3v) is 6.20. The Labute approximate surface area is 136 Å². The van der Waals surface area contributed by atoms with E-state index < -0.39 is 5.54 Å². The van der Waals surface area contributed by atoms with Crippen molar-refractivity contribution < 1.29 is 4.79 Å². The van der Waals surface area contributed by atoms with Gasteiger partial charge in [-0.2, -0.15) is 5.26 Å². The van der Waals surface area contributed by atoms with Gasteiger partial charge in [0.1, 0.15) is 5.54 Å². The average Bonchev–Trinajstić information content (AvgIpc) is 2.93. The van der Waals surface area contributed by atoms with Gasteiger partial charge in [-0.3, -0.25) is 4.79 Å². The van der Waals surface area contributed by atoms with E-state index in [-0.39, 0.29) is 5.91 Å². The number of fused-ring (bicyclic) bond motifs is 1. The monoisotopic (exact) mass is 317 g/mol. The molecule has 118 valence electrons. The minimum atomic E-state index is -0.693. The summed E-state index contributed by atoms with van der Waals surface area (Å²) in [6.07, 6.45) is 4.78. The second-order valence-corrected chi connectivity index (χ2v) is 8.00. The number of aryl methyl sites for hydroxylation is 1. The number of piperidine rings is 1. The molecule has 22 heavy (non-hydrogen) atoms. The van der Waals surface area contributed by atoms with E-state index in [1.807, 2.05) is 6.07 Å². The van der Waals surface area contributed by atoms with Crippen LogP contribution >= 0.6 is 11.3 Å². The van der Waals surface area contributed by atoms with Crippen LogP contribution in [0.25, 0.3) is 0 Å². The maximum atomic E-state index is 12.6. The van der Waals surface area contributed by atoms with Gasteiger partial charge >= 0.3 is 0 Å². The Morgan fingerprint density at radius 1 is 1.50 bits per heavy atom. The first-order chi connectivity index (χ1) is 10.5. The first-order valence-electron chi connectivity index (χ1n) is 8.05. The average molecular weight is 317 g/mol. The van der Waals surface area contributed by atoms with Gasteiger partial charge in [0.15, 0.2) is 0 Å². The predicted molar refractivity (Wildman–Crippen MR) is 88.0 cm³/mol. The molecule has 5 heteroatoms. The van der Waals surface area contributed by atoms with Crippen LogP contribution in [0.5, 0.6) is 0 Å². The molecule has 1 aromatic rings. The molecule has 0 radical (unpaired) electrons. The number of thiophene rings is 1.